The van der Waals surface area contributed by atoms with Crippen molar-refractivity contribution in [3.05, 3.63) is 30.1 Å². The minimum Gasteiger partial charge on any atom is -0.387 e. The van der Waals surface area contributed by atoms with Gasteiger partial charge in [0.1, 0.15) is 0 Å². The molecule has 16 heavy (non-hydrogen) atoms. The van der Waals surface area contributed by atoms with Gasteiger partial charge >= 0.3 is 0 Å². The number of nitrogens with two attached hydrogens (primary N) is 1. The van der Waals surface area contributed by atoms with Crippen LogP contribution in [0.4, 0.5) is 0 Å². The van der Waals surface area contributed by atoms with Crippen LogP contribution in [0.15, 0.2) is 24.4 Å². The van der Waals surface area contributed by atoms with E-state index in [0.29, 0.717) is 0 Å². The molecule has 0 spiro atoms. The molecule has 1 atom stereocenters. The van der Waals surface area contributed by atoms with Gasteiger partial charge in [-0.05, 0) is 19.2 Å². The quantitative estimate of drug-likeness (QED) is 0.558. The summed E-state index contributed by atoms with van der Waals surface area (Å²) < 4.78 is 0. The maximum atomic E-state index is 7.33. The highest BCUT2D eigenvalue weighted by atomic mass is 15.1. The molecule has 0 aliphatic heterocycles. The SMILES string of the molecule is CC(CN(C)CCc1ccccn1)C(=N)N. The van der Waals surface area contributed by atoms with Crippen molar-refractivity contribution in [2.24, 2.45) is 11.7 Å². The lowest BCUT2D eigenvalue weighted by molar-refractivity contribution is 0.316. The summed E-state index contributed by atoms with van der Waals surface area (Å²) >= 11 is 0. The number of nitrogens with one attached hydrogen (secondary N) is 1. The summed E-state index contributed by atoms with van der Waals surface area (Å²) in [5.74, 6) is 0.374. The Morgan fingerprint density at radius 1 is 1.56 bits per heavy atom. The molecule has 0 fully saturated rings. The van der Waals surface area contributed by atoms with Crippen molar-refractivity contribution < 1.29 is 0 Å². The van der Waals surface area contributed by atoms with E-state index in [4.69, 9.17) is 11.1 Å². The van der Waals surface area contributed by atoms with E-state index in [-0.39, 0.29) is 11.8 Å². The number of nitrogens with zero attached hydrogens (tertiary/aromatic N) is 2. The van der Waals surface area contributed by atoms with E-state index in [1.165, 1.54) is 0 Å². The summed E-state index contributed by atoms with van der Waals surface area (Å²) in [6.45, 7) is 3.73. The number of amidine groups is 1. The standard InChI is InChI=1S/C12H20N4/c1-10(12(13)14)9-16(2)8-6-11-5-3-4-7-15-11/h3-5,7,10H,6,8-9H2,1-2H3,(H3,13,14). The van der Waals surface area contributed by atoms with Crippen LogP contribution in [-0.2, 0) is 6.42 Å². The molecular weight excluding hydrogens is 200 g/mol. The molecule has 1 unspecified atom stereocenters. The van der Waals surface area contributed by atoms with Crippen molar-refractivity contribution in [3.8, 4) is 0 Å². The molecule has 88 valence electrons. The number of hydrogen-bond donors (Lipinski definition) is 2. The fraction of sp³-hybridized carbons (Fsp3) is 0.500. The Balaban J connectivity index is 2.30. The van der Waals surface area contributed by atoms with Gasteiger partial charge in [-0.25, -0.2) is 0 Å². The molecule has 1 rings (SSSR count). The van der Waals surface area contributed by atoms with Crippen molar-refractivity contribution in [1.82, 2.24) is 9.88 Å². The van der Waals surface area contributed by atoms with Crippen LogP contribution in [0.3, 0.4) is 0 Å². The smallest absolute Gasteiger partial charge is 0.0947 e. The number of hydrogen-bond acceptors (Lipinski definition) is 3. The second-order valence-electron chi connectivity index (χ2n) is 4.19. The van der Waals surface area contributed by atoms with Gasteiger partial charge < -0.3 is 10.6 Å². The first kappa shape index (κ1) is 12.6. The summed E-state index contributed by atoms with van der Waals surface area (Å²) in [5.41, 5.74) is 6.54. The second-order valence-corrected chi connectivity index (χ2v) is 4.19. The van der Waals surface area contributed by atoms with Crippen molar-refractivity contribution in [2.75, 3.05) is 20.1 Å². The molecule has 1 heterocycles. The third kappa shape index (κ3) is 4.40. The monoisotopic (exact) mass is 220 g/mol. The molecule has 4 nitrogen and oxygen atoms in total. The Hall–Kier alpha value is -1.42. The third-order valence-corrected chi connectivity index (χ3v) is 2.59. The maximum absolute atomic E-state index is 7.33. The first-order chi connectivity index (χ1) is 7.59. The van der Waals surface area contributed by atoms with Crippen molar-refractivity contribution >= 4 is 5.84 Å². The van der Waals surface area contributed by atoms with E-state index in [1.807, 2.05) is 38.4 Å². The lowest BCUT2D eigenvalue weighted by Crippen LogP contribution is -2.33. The largest absolute Gasteiger partial charge is 0.387 e. The highest BCUT2D eigenvalue weighted by Gasteiger charge is 2.08. The Labute approximate surface area is 97.0 Å². The third-order valence-electron chi connectivity index (χ3n) is 2.59. The van der Waals surface area contributed by atoms with Crippen LogP contribution in [0, 0.1) is 11.3 Å². The van der Waals surface area contributed by atoms with Gasteiger partial charge in [-0.15, -0.1) is 0 Å². The zero-order valence-electron chi connectivity index (χ0n) is 9.98. The highest BCUT2D eigenvalue weighted by Crippen LogP contribution is 2.00. The van der Waals surface area contributed by atoms with E-state index < -0.39 is 0 Å². The molecule has 1 aromatic rings. The second kappa shape index (κ2) is 6.23. The molecule has 0 aromatic carbocycles. The van der Waals surface area contributed by atoms with Gasteiger partial charge in [-0.1, -0.05) is 13.0 Å². The van der Waals surface area contributed by atoms with Crippen LogP contribution in [0.5, 0.6) is 0 Å². The predicted molar refractivity (Wildman–Crippen MR) is 66.5 cm³/mol. The van der Waals surface area contributed by atoms with Gasteiger partial charge in [0, 0.05) is 37.3 Å². The van der Waals surface area contributed by atoms with Crippen molar-refractivity contribution in [2.45, 2.75) is 13.3 Å². The van der Waals surface area contributed by atoms with Crippen LogP contribution in [0.25, 0.3) is 0 Å². The molecule has 4 heteroatoms. The average molecular weight is 220 g/mol. The van der Waals surface area contributed by atoms with Crippen LogP contribution >= 0.6 is 0 Å². The van der Waals surface area contributed by atoms with E-state index in [9.17, 15) is 0 Å². The maximum Gasteiger partial charge on any atom is 0.0947 e. The Bertz CT molecular complexity index is 323. The minimum atomic E-state index is 0.119. The summed E-state index contributed by atoms with van der Waals surface area (Å²) in [4.78, 5) is 6.45. The van der Waals surface area contributed by atoms with Gasteiger partial charge in [0.05, 0.1) is 5.84 Å². The van der Waals surface area contributed by atoms with Crippen molar-refractivity contribution in [1.29, 1.82) is 5.41 Å². The lowest BCUT2D eigenvalue weighted by atomic mass is 10.1. The lowest BCUT2D eigenvalue weighted by Gasteiger charge is -2.20. The molecule has 3 N–H and O–H groups in total. The first-order valence-corrected chi connectivity index (χ1v) is 5.52. The number of rotatable bonds is 6. The Morgan fingerprint density at radius 2 is 2.31 bits per heavy atom. The molecule has 0 bridgehead atoms. The molecule has 0 aliphatic carbocycles. The van der Waals surface area contributed by atoms with Gasteiger partial charge in [0.25, 0.3) is 0 Å². The van der Waals surface area contributed by atoms with Crippen molar-refractivity contribution in [3.63, 3.8) is 0 Å². The van der Waals surface area contributed by atoms with E-state index >= 15 is 0 Å². The van der Waals surface area contributed by atoms with Gasteiger partial charge in [0.15, 0.2) is 0 Å². The molecule has 0 saturated carbocycles. The van der Waals surface area contributed by atoms with Crippen LogP contribution in [0.2, 0.25) is 0 Å². The normalized spacial score (nSPS) is 12.7. The van der Waals surface area contributed by atoms with E-state index in [0.717, 1.165) is 25.2 Å². The zero-order chi connectivity index (χ0) is 12.0. The first-order valence-electron chi connectivity index (χ1n) is 5.52. The molecule has 1 aromatic heterocycles. The molecular formula is C12H20N4. The predicted octanol–water partition coefficient (Wildman–Crippen LogP) is 1.13. The summed E-state index contributed by atoms with van der Waals surface area (Å²) in [7, 11) is 2.04. The average Bonchev–Trinajstić information content (AvgIpc) is 2.27. The molecule has 0 radical (unpaired) electrons. The topological polar surface area (TPSA) is 66.0 Å². The zero-order valence-corrected chi connectivity index (χ0v) is 9.98. The Kier molecular flexibility index (Phi) is 4.92. The minimum absolute atomic E-state index is 0.119. The Morgan fingerprint density at radius 3 is 2.88 bits per heavy atom. The van der Waals surface area contributed by atoms with Crippen LogP contribution < -0.4 is 5.73 Å². The van der Waals surface area contributed by atoms with Gasteiger partial charge in [-0.2, -0.15) is 0 Å². The van der Waals surface area contributed by atoms with Crippen LogP contribution in [0.1, 0.15) is 12.6 Å². The fourth-order valence-corrected chi connectivity index (χ4v) is 1.51. The number of aromatic nitrogens is 1. The van der Waals surface area contributed by atoms with Gasteiger partial charge in [0.2, 0.25) is 0 Å². The summed E-state index contributed by atoms with van der Waals surface area (Å²) in [5, 5.41) is 7.33. The van der Waals surface area contributed by atoms with E-state index in [2.05, 4.69) is 9.88 Å². The molecule has 0 saturated heterocycles. The number of pyridine rings is 1. The van der Waals surface area contributed by atoms with Crippen LogP contribution in [-0.4, -0.2) is 35.9 Å². The highest BCUT2D eigenvalue weighted by molar-refractivity contribution is 5.79. The molecule has 0 aliphatic rings. The summed E-state index contributed by atoms with van der Waals surface area (Å²) in [6.07, 6.45) is 2.75. The summed E-state index contributed by atoms with van der Waals surface area (Å²) in [6, 6.07) is 5.95. The fourth-order valence-electron chi connectivity index (χ4n) is 1.51. The number of likely N-dealkylation sites (N-methyl/N-ethyl adjacent to an activating group) is 1. The van der Waals surface area contributed by atoms with E-state index in [1.54, 1.807) is 0 Å². The van der Waals surface area contributed by atoms with Gasteiger partial charge in [-0.3, -0.25) is 10.4 Å². The molecule has 0 amide bonds.